The summed E-state index contributed by atoms with van der Waals surface area (Å²) in [5.41, 5.74) is 0.435. The quantitative estimate of drug-likeness (QED) is 0.575. The second-order valence-corrected chi connectivity index (χ2v) is 6.96. The minimum absolute atomic E-state index is 0.184. The standard InChI is InChI=1S/C16H18N2O4S/c1-2-12-17(13-14-8-4-3-5-9-14)23(21,22)16-11-7-6-10-15(16)18(19)20/h3-11H,2,12-13H2,1H3. The first-order valence-corrected chi connectivity index (χ1v) is 8.68. The molecule has 0 aliphatic carbocycles. The number of benzene rings is 2. The van der Waals surface area contributed by atoms with Crippen LogP contribution in [0.2, 0.25) is 0 Å². The molecule has 0 unspecified atom stereocenters. The molecule has 0 aliphatic rings. The summed E-state index contributed by atoms with van der Waals surface area (Å²) in [6.45, 7) is 2.35. The van der Waals surface area contributed by atoms with Gasteiger partial charge in [0.15, 0.2) is 4.90 Å². The molecule has 0 N–H and O–H groups in total. The van der Waals surface area contributed by atoms with Gasteiger partial charge in [-0.1, -0.05) is 49.4 Å². The van der Waals surface area contributed by atoms with Gasteiger partial charge in [-0.05, 0) is 18.1 Å². The number of sulfonamides is 1. The van der Waals surface area contributed by atoms with Gasteiger partial charge in [0.2, 0.25) is 10.0 Å². The van der Waals surface area contributed by atoms with Crippen molar-refractivity contribution >= 4 is 15.7 Å². The monoisotopic (exact) mass is 334 g/mol. The zero-order chi connectivity index (χ0) is 16.9. The minimum atomic E-state index is -3.95. The summed E-state index contributed by atoms with van der Waals surface area (Å²) in [5, 5.41) is 11.1. The predicted molar refractivity (Wildman–Crippen MR) is 87.4 cm³/mol. The molecule has 0 spiro atoms. The number of nitrogens with zero attached hydrogens (tertiary/aromatic N) is 2. The zero-order valence-corrected chi connectivity index (χ0v) is 13.6. The Balaban J connectivity index is 2.43. The van der Waals surface area contributed by atoms with Crippen molar-refractivity contribution < 1.29 is 13.3 Å². The maximum Gasteiger partial charge on any atom is 0.289 e. The molecule has 7 heteroatoms. The topological polar surface area (TPSA) is 80.5 Å². The maximum absolute atomic E-state index is 12.9. The SMILES string of the molecule is CCCN(Cc1ccccc1)S(=O)(=O)c1ccccc1[N+](=O)[O-]. The second kappa shape index (κ2) is 7.34. The summed E-state index contributed by atoms with van der Waals surface area (Å²) in [4.78, 5) is 10.2. The van der Waals surface area contributed by atoms with Crippen molar-refractivity contribution in [3.63, 3.8) is 0 Å². The van der Waals surface area contributed by atoms with Gasteiger partial charge in [0.05, 0.1) is 4.92 Å². The fraction of sp³-hybridized carbons (Fsp3) is 0.250. The number of hydrogen-bond acceptors (Lipinski definition) is 4. The van der Waals surface area contributed by atoms with Crippen LogP contribution in [-0.2, 0) is 16.6 Å². The van der Waals surface area contributed by atoms with Crippen LogP contribution in [0, 0.1) is 10.1 Å². The van der Waals surface area contributed by atoms with Gasteiger partial charge in [-0.15, -0.1) is 0 Å². The number of nitro groups is 1. The number of rotatable bonds is 7. The molecular weight excluding hydrogens is 316 g/mol. The van der Waals surface area contributed by atoms with E-state index in [4.69, 9.17) is 0 Å². The Morgan fingerprint density at radius 2 is 1.65 bits per heavy atom. The van der Waals surface area contributed by atoms with Crippen molar-refractivity contribution in [3.8, 4) is 0 Å². The van der Waals surface area contributed by atoms with Gasteiger partial charge in [0.1, 0.15) is 0 Å². The number of para-hydroxylation sites is 1. The minimum Gasteiger partial charge on any atom is -0.258 e. The summed E-state index contributed by atoms with van der Waals surface area (Å²) in [6.07, 6.45) is 0.618. The first-order chi connectivity index (χ1) is 11.0. The molecule has 0 amide bonds. The molecule has 2 aromatic rings. The van der Waals surface area contributed by atoms with E-state index in [0.717, 1.165) is 5.56 Å². The molecule has 2 rings (SSSR count). The molecule has 2 aromatic carbocycles. The van der Waals surface area contributed by atoms with Crippen molar-refractivity contribution in [3.05, 3.63) is 70.3 Å². The molecule has 23 heavy (non-hydrogen) atoms. The van der Waals surface area contributed by atoms with Crippen LogP contribution in [0.5, 0.6) is 0 Å². The molecule has 0 aliphatic heterocycles. The Morgan fingerprint density at radius 3 is 2.26 bits per heavy atom. The molecule has 0 saturated heterocycles. The third-order valence-corrected chi connectivity index (χ3v) is 5.25. The Morgan fingerprint density at radius 1 is 1.04 bits per heavy atom. The van der Waals surface area contributed by atoms with E-state index in [-0.39, 0.29) is 11.4 Å². The van der Waals surface area contributed by atoms with Crippen LogP contribution in [0.25, 0.3) is 0 Å². The summed E-state index contributed by atoms with van der Waals surface area (Å²) < 4.78 is 27.0. The van der Waals surface area contributed by atoms with Crippen molar-refractivity contribution in [2.75, 3.05) is 6.54 Å². The first-order valence-electron chi connectivity index (χ1n) is 7.24. The largest absolute Gasteiger partial charge is 0.289 e. The lowest BCUT2D eigenvalue weighted by atomic mass is 10.2. The van der Waals surface area contributed by atoms with E-state index in [9.17, 15) is 18.5 Å². The molecule has 0 aromatic heterocycles. The van der Waals surface area contributed by atoms with Crippen molar-refractivity contribution in [1.29, 1.82) is 0 Å². The van der Waals surface area contributed by atoms with Crippen molar-refractivity contribution in [1.82, 2.24) is 4.31 Å². The average Bonchev–Trinajstić information content (AvgIpc) is 2.55. The molecule has 0 bridgehead atoms. The summed E-state index contributed by atoms with van der Waals surface area (Å²) in [6, 6.07) is 14.6. The highest BCUT2D eigenvalue weighted by Gasteiger charge is 2.30. The van der Waals surface area contributed by atoms with E-state index in [0.29, 0.717) is 13.0 Å². The van der Waals surface area contributed by atoms with Crippen LogP contribution in [0.15, 0.2) is 59.5 Å². The van der Waals surface area contributed by atoms with Crippen molar-refractivity contribution in [2.45, 2.75) is 24.8 Å². The molecule has 0 radical (unpaired) electrons. The fourth-order valence-corrected chi connectivity index (χ4v) is 3.96. The summed E-state index contributed by atoms with van der Waals surface area (Å²) >= 11 is 0. The zero-order valence-electron chi connectivity index (χ0n) is 12.8. The van der Waals surface area contributed by atoms with E-state index in [1.54, 1.807) is 0 Å². The fourth-order valence-electron chi connectivity index (χ4n) is 2.29. The molecule has 0 heterocycles. The third kappa shape index (κ3) is 3.94. The van der Waals surface area contributed by atoms with E-state index >= 15 is 0 Å². The van der Waals surface area contributed by atoms with Gasteiger partial charge in [0, 0.05) is 19.2 Å². The lowest BCUT2D eigenvalue weighted by Crippen LogP contribution is -2.31. The number of hydrogen-bond donors (Lipinski definition) is 0. The van der Waals surface area contributed by atoms with Gasteiger partial charge in [-0.25, -0.2) is 8.42 Å². The summed E-state index contributed by atoms with van der Waals surface area (Å²) in [7, 11) is -3.95. The van der Waals surface area contributed by atoms with E-state index in [2.05, 4.69) is 0 Å². The molecule has 122 valence electrons. The first kappa shape index (κ1) is 17.1. The van der Waals surface area contributed by atoms with E-state index < -0.39 is 20.6 Å². The number of nitro benzene ring substituents is 1. The smallest absolute Gasteiger partial charge is 0.258 e. The van der Waals surface area contributed by atoms with Gasteiger partial charge in [0.25, 0.3) is 5.69 Å². The predicted octanol–water partition coefficient (Wildman–Crippen LogP) is 3.20. The normalized spacial score (nSPS) is 11.6. The highest BCUT2D eigenvalue weighted by Crippen LogP contribution is 2.27. The maximum atomic E-state index is 12.9. The Labute approximate surface area is 135 Å². The van der Waals surface area contributed by atoms with Gasteiger partial charge >= 0.3 is 0 Å². The van der Waals surface area contributed by atoms with E-state index in [1.165, 1.54) is 28.6 Å². The Kier molecular flexibility index (Phi) is 5.46. The average molecular weight is 334 g/mol. The lowest BCUT2D eigenvalue weighted by Gasteiger charge is -2.21. The van der Waals surface area contributed by atoms with Crippen LogP contribution in [0.3, 0.4) is 0 Å². The lowest BCUT2D eigenvalue weighted by molar-refractivity contribution is -0.387. The Hall–Kier alpha value is -2.25. The molecule has 0 fully saturated rings. The second-order valence-electron chi connectivity index (χ2n) is 5.05. The van der Waals surface area contributed by atoms with Crippen molar-refractivity contribution in [2.24, 2.45) is 0 Å². The highest BCUT2D eigenvalue weighted by atomic mass is 32.2. The van der Waals surface area contributed by atoms with Gasteiger partial charge < -0.3 is 0 Å². The van der Waals surface area contributed by atoms with Crippen LogP contribution in [0.1, 0.15) is 18.9 Å². The van der Waals surface area contributed by atoms with Crippen LogP contribution < -0.4 is 0 Å². The van der Waals surface area contributed by atoms with E-state index in [1.807, 2.05) is 37.3 Å². The summed E-state index contributed by atoms with van der Waals surface area (Å²) in [5.74, 6) is 0. The van der Waals surface area contributed by atoms with Gasteiger partial charge in [-0.2, -0.15) is 4.31 Å². The van der Waals surface area contributed by atoms with Gasteiger partial charge in [-0.3, -0.25) is 10.1 Å². The molecule has 0 atom stereocenters. The van der Waals surface area contributed by atoms with Crippen LogP contribution in [-0.4, -0.2) is 24.2 Å². The van der Waals surface area contributed by atoms with Crippen LogP contribution in [0.4, 0.5) is 5.69 Å². The Bertz CT molecular complexity index is 776. The molecule has 6 nitrogen and oxygen atoms in total. The van der Waals surface area contributed by atoms with Crippen LogP contribution >= 0.6 is 0 Å². The molecule has 0 saturated carbocycles. The third-order valence-electron chi connectivity index (χ3n) is 3.35. The highest BCUT2D eigenvalue weighted by molar-refractivity contribution is 7.89. The molecular formula is C16H18N2O4S.